The van der Waals surface area contributed by atoms with Gasteiger partial charge >= 0.3 is 6.09 Å². The van der Waals surface area contributed by atoms with Crippen molar-refractivity contribution < 1.29 is 23.9 Å². The van der Waals surface area contributed by atoms with E-state index in [4.69, 9.17) is 9.47 Å². The fraction of sp³-hybridized carbons (Fsp3) is 0.364. The minimum atomic E-state index is -0.929. The largest absolute Gasteiger partial charge is 0.480 e. The summed E-state index contributed by atoms with van der Waals surface area (Å²) >= 11 is 5.02. The lowest BCUT2D eigenvalue weighted by Gasteiger charge is -2.26. The van der Waals surface area contributed by atoms with Gasteiger partial charge in [-0.1, -0.05) is 40.2 Å². The van der Waals surface area contributed by atoms with Gasteiger partial charge < -0.3 is 14.4 Å². The van der Waals surface area contributed by atoms with E-state index in [-0.39, 0.29) is 29.9 Å². The van der Waals surface area contributed by atoms with Gasteiger partial charge in [-0.05, 0) is 106 Å². The second kappa shape index (κ2) is 12.8. The summed E-state index contributed by atoms with van der Waals surface area (Å²) in [6.07, 6.45) is 2.15. The molecule has 1 amide bonds. The molecule has 1 saturated heterocycles. The van der Waals surface area contributed by atoms with Gasteiger partial charge in [0.1, 0.15) is 11.5 Å². The molecule has 3 aromatic carbocycles. The van der Waals surface area contributed by atoms with Crippen molar-refractivity contribution in [2.24, 2.45) is 11.8 Å². The molecular weight excluding hydrogens is 602 g/mol. The topological polar surface area (TPSA) is 72.9 Å². The zero-order valence-electron chi connectivity index (χ0n) is 24.3. The Morgan fingerprint density at radius 1 is 0.976 bits per heavy atom. The monoisotopic (exact) mass is 637 g/mol. The maximum absolute atomic E-state index is 13.8. The highest BCUT2D eigenvalue weighted by Crippen LogP contribution is 2.34. The molecule has 8 heteroatoms. The number of thioether (sulfide) groups is 1. The zero-order chi connectivity index (χ0) is 29.9. The predicted octanol–water partition coefficient (Wildman–Crippen LogP) is 7.71. The Balaban J connectivity index is 1.59. The lowest BCUT2D eigenvalue weighted by atomic mass is 9.84. The van der Waals surface area contributed by atoms with Crippen molar-refractivity contribution >= 4 is 45.4 Å². The van der Waals surface area contributed by atoms with E-state index in [1.807, 2.05) is 56.5 Å². The summed E-state index contributed by atoms with van der Waals surface area (Å²) < 4.78 is 12.7. The van der Waals surface area contributed by atoms with E-state index in [2.05, 4.69) is 28.1 Å². The highest BCUT2D eigenvalue weighted by atomic mass is 79.9. The SMILES string of the molecule is CSc1ccc(C(=O)[C@H]2CN(C(=O)Oc3ccc(Br)cc3)C[C@@H]2Cc2cc(C)c(OC(C)(C)C(C)=O)c(C)c2)cc1. The summed E-state index contributed by atoms with van der Waals surface area (Å²) in [6, 6.07) is 18.8. The van der Waals surface area contributed by atoms with Crippen molar-refractivity contribution in [2.45, 2.75) is 51.5 Å². The average molecular weight is 639 g/mol. The first kappa shape index (κ1) is 30.8. The number of ether oxygens (including phenoxy) is 2. The molecule has 1 fully saturated rings. The number of halogens is 1. The van der Waals surface area contributed by atoms with Crippen molar-refractivity contribution in [2.75, 3.05) is 19.3 Å². The lowest BCUT2D eigenvalue weighted by molar-refractivity contribution is -0.129. The first-order valence-electron chi connectivity index (χ1n) is 13.6. The van der Waals surface area contributed by atoms with Gasteiger partial charge in [0.25, 0.3) is 0 Å². The smallest absolute Gasteiger partial charge is 0.415 e. The van der Waals surface area contributed by atoms with Crippen LogP contribution < -0.4 is 9.47 Å². The molecule has 0 unspecified atom stereocenters. The Labute approximate surface area is 254 Å². The number of Topliss-reactive ketones (excluding diaryl/α,β-unsaturated/α-hetero) is 2. The van der Waals surface area contributed by atoms with Gasteiger partial charge in [-0.3, -0.25) is 9.59 Å². The van der Waals surface area contributed by atoms with E-state index >= 15 is 0 Å². The fourth-order valence-electron chi connectivity index (χ4n) is 5.11. The number of carbonyl (C=O) groups is 3. The number of aryl methyl sites for hydroxylation is 2. The number of benzene rings is 3. The molecule has 0 bridgehead atoms. The number of rotatable bonds is 9. The fourth-order valence-corrected chi connectivity index (χ4v) is 5.78. The Hall–Kier alpha value is -3.10. The standard InChI is InChI=1S/C33H36BrNO5S/c1-20-15-23(16-21(2)31(20)40-33(4,5)22(3)36)17-25-18-35(32(38)39-27-11-9-26(34)10-12-27)19-29(25)30(37)24-7-13-28(41-6)14-8-24/h7-16,25,29H,17-19H2,1-6H3/t25-,29-/m0/s1. The first-order chi connectivity index (χ1) is 19.4. The number of amides is 1. The molecule has 0 aliphatic carbocycles. The number of ketones is 2. The van der Waals surface area contributed by atoms with Crippen LogP contribution in [0, 0.1) is 25.7 Å². The Kier molecular flexibility index (Phi) is 9.65. The van der Waals surface area contributed by atoms with E-state index in [0.717, 1.165) is 26.1 Å². The van der Waals surface area contributed by atoms with Crippen molar-refractivity contribution in [3.05, 3.63) is 87.4 Å². The zero-order valence-corrected chi connectivity index (χ0v) is 26.7. The third kappa shape index (κ3) is 7.41. The quantitative estimate of drug-likeness (QED) is 0.177. The Morgan fingerprint density at radius 2 is 1.59 bits per heavy atom. The van der Waals surface area contributed by atoms with Gasteiger partial charge in [-0.15, -0.1) is 11.8 Å². The average Bonchev–Trinajstić information content (AvgIpc) is 3.35. The summed E-state index contributed by atoms with van der Waals surface area (Å²) in [5.74, 6) is 0.654. The molecule has 2 atom stereocenters. The predicted molar refractivity (Wildman–Crippen MR) is 166 cm³/mol. The van der Waals surface area contributed by atoms with E-state index < -0.39 is 11.7 Å². The van der Waals surface area contributed by atoms with Crippen molar-refractivity contribution in [3.63, 3.8) is 0 Å². The van der Waals surface area contributed by atoms with Gasteiger partial charge in [-0.25, -0.2) is 4.79 Å². The van der Waals surface area contributed by atoms with Gasteiger partial charge in [0, 0.05) is 33.9 Å². The van der Waals surface area contributed by atoms with Crippen LogP contribution in [0.2, 0.25) is 0 Å². The number of hydrogen-bond donors (Lipinski definition) is 0. The number of hydrogen-bond acceptors (Lipinski definition) is 6. The number of nitrogens with zero attached hydrogens (tertiary/aromatic N) is 1. The van der Waals surface area contributed by atoms with E-state index in [0.29, 0.717) is 30.0 Å². The molecule has 1 aliphatic heterocycles. The minimum absolute atomic E-state index is 0.0261. The van der Waals surface area contributed by atoms with Gasteiger partial charge in [0.2, 0.25) is 0 Å². The number of likely N-dealkylation sites (tertiary alicyclic amines) is 1. The Morgan fingerprint density at radius 3 is 2.15 bits per heavy atom. The molecule has 0 aromatic heterocycles. The van der Waals surface area contributed by atoms with Gasteiger partial charge in [0.05, 0.1) is 0 Å². The third-order valence-corrected chi connectivity index (χ3v) is 8.92. The van der Waals surface area contributed by atoms with Crippen LogP contribution in [0.3, 0.4) is 0 Å². The first-order valence-corrected chi connectivity index (χ1v) is 15.6. The summed E-state index contributed by atoms with van der Waals surface area (Å²) in [5.41, 5.74) is 2.62. The lowest BCUT2D eigenvalue weighted by Crippen LogP contribution is -2.36. The van der Waals surface area contributed by atoms with E-state index in [1.165, 1.54) is 6.92 Å². The second-order valence-corrected chi connectivity index (χ2v) is 12.9. The van der Waals surface area contributed by atoms with Crippen LogP contribution in [-0.4, -0.2) is 47.5 Å². The Bertz CT molecular complexity index is 1410. The van der Waals surface area contributed by atoms with E-state index in [9.17, 15) is 14.4 Å². The summed E-state index contributed by atoms with van der Waals surface area (Å²) in [4.78, 5) is 41.7. The molecule has 0 saturated carbocycles. The summed E-state index contributed by atoms with van der Waals surface area (Å²) in [7, 11) is 0. The van der Waals surface area contributed by atoms with Gasteiger partial charge in [0.15, 0.2) is 17.2 Å². The molecule has 41 heavy (non-hydrogen) atoms. The second-order valence-electron chi connectivity index (χ2n) is 11.1. The molecule has 4 rings (SSSR count). The van der Waals surface area contributed by atoms with Crippen molar-refractivity contribution in [1.82, 2.24) is 4.90 Å². The van der Waals surface area contributed by atoms with Crippen LogP contribution in [0.1, 0.15) is 47.8 Å². The molecular formula is C33H36BrNO5S. The van der Waals surface area contributed by atoms with Crippen LogP contribution in [0.4, 0.5) is 4.79 Å². The van der Waals surface area contributed by atoms with Crippen LogP contribution in [0.5, 0.6) is 11.5 Å². The maximum atomic E-state index is 13.8. The summed E-state index contributed by atoms with van der Waals surface area (Å²) in [6.45, 7) is 9.69. The molecule has 6 nitrogen and oxygen atoms in total. The van der Waals surface area contributed by atoms with Crippen LogP contribution in [-0.2, 0) is 11.2 Å². The molecule has 3 aromatic rings. The normalized spacial score (nSPS) is 16.9. The van der Waals surface area contributed by atoms with Crippen molar-refractivity contribution in [1.29, 1.82) is 0 Å². The highest BCUT2D eigenvalue weighted by molar-refractivity contribution is 9.10. The van der Waals surface area contributed by atoms with Crippen LogP contribution >= 0.6 is 27.7 Å². The summed E-state index contributed by atoms with van der Waals surface area (Å²) in [5, 5.41) is 0. The van der Waals surface area contributed by atoms with E-state index in [1.54, 1.807) is 42.6 Å². The van der Waals surface area contributed by atoms with Crippen molar-refractivity contribution in [3.8, 4) is 11.5 Å². The molecule has 1 aliphatic rings. The van der Waals surface area contributed by atoms with Gasteiger partial charge in [-0.2, -0.15) is 0 Å². The van der Waals surface area contributed by atoms with Crippen LogP contribution in [0.15, 0.2) is 70.0 Å². The highest BCUT2D eigenvalue weighted by Gasteiger charge is 2.40. The molecule has 0 radical (unpaired) electrons. The molecule has 0 spiro atoms. The third-order valence-electron chi connectivity index (χ3n) is 7.65. The minimum Gasteiger partial charge on any atom is -0.480 e. The van der Waals surface area contributed by atoms with Crippen LogP contribution in [0.25, 0.3) is 0 Å². The number of carbonyl (C=O) groups excluding carboxylic acids is 3. The maximum Gasteiger partial charge on any atom is 0.415 e. The molecule has 216 valence electrons. The molecule has 1 heterocycles. The molecule has 0 N–H and O–H groups in total.